The smallest absolute Gasteiger partial charge is 0.223 e. The Hall–Kier alpha value is -1.95. The second-order valence-corrected chi connectivity index (χ2v) is 6.04. The van der Waals surface area contributed by atoms with Crippen LogP contribution in [0.1, 0.15) is 39.5 Å². The first-order chi connectivity index (χ1) is 11.9. The fourth-order valence-corrected chi connectivity index (χ4v) is 2.64. The number of halogens is 1. The Labute approximate surface area is 154 Å². The maximum absolute atomic E-state index is 12.1. The molecule has 1 N–H and O–H groups in total. The van der Waals surface area contributed by atoms with E-state index in [1.807, 2.05) is 0 Å². The Morgan fingerprint density at radius 2 is 1.84 bits per heavy atom. The molecule has 0 aliphatic rings. The summed E-state index contributed by atoms with van der Waals surface area (Å²) in [6.07, 6.45) is 3.36. The summed E-state index contributed by atoms with van der Waals surface area (Å²) >= 11 is 6.10. The van der Waals surface area contributed by atoms with Gasteiger partial charge in [0.1, 0.15) is 11.5 Å². The highest BCUT2D eigenvalue weighted by molar-refractivity contribution is 6.32. The molecule has 0 unspecified atom stereocenters. The maximum Gasteiger partial charge on any atom is 0.223 e. The molecule has 0 atom stereocenters. The molecular weight excluding hydrogens is 344 g/mol. The molecule has 0 radical (unpaired) electrons. The van der Waals surface area contributed by atoms with Crippen LogP contribution in [0.4, 0.5) is 5.69 Å². The fourth-order valence-electron chi connectivity index (χ4n) is 2.41. The van der Waals surface area contributed by atoms with Gasteiger partial charge in [0.2, 0.25) is 11.8 Å². The van der Waals surface area contributed by atoms with Crippen molar-refractivity contribution < 1.29 is 19.1 Å². The molecule has 0 aliphatic carbocycles. The van der Waals surface area contributed by atoms with Crippen molar-refractivity contribution in [3.63, 3.8) is 0 Å². The lowest BCUT2D eigenvalue weighted by Gasteiger charge is -2.24. The SMILES string of the molecule is CCCCCNC(=O)CCN(C(C)=O)c1cc(OC)c(Cl)cc1OC. The topological polar surface area (TPSA) is 67.9 Å². The first kappa shape index (κ1) is 21.1. The van der Waals surface area contributed by atoms with Crippen LogP contribution in [0.2, 0.25) is 5.02 Å². The number of unbranched alkanes of at least 4 members (excludes halogenated alkanes) is 2. The minimum atomic E-state index is -0.193. The number of carbonyl (C=O) groups is 2. The van der Waals surface area contributed by atoms with Crippen LogP contribution in [0.15, 0.2) is 12.1 Å². The lowest BCUT2D eigenvalue weighted by molar-refractivity contribution is -0.121. The van der Waals surface area contributed by atoms with Crippen LogP contribution < -0.4 is 19.7 Å². The second kappa shape index (κ2) is 10.8. The summed E-state index contributed by atoms with van der Waals surface area (Å²) in [5.41, 5.74) is 0.523. The molecule has 0 spiro atoms. The van der Waals surface area contributed by atoms with Crippen molar-refractivity contribution in [1.82, 2.24) is 5.32 Å². The zero-order valence-electron chi connectivity index (χ0n) is 15.4. The molecule has 7 heteroatoms. The molecule has 0 saturated heterocycles. The zero-order valence-corrected chi connectivity index (χ0v) is 16.1. The summed E-state index contributed by atoms with van der Waals surface area (Å²) in [4.78, 5) is 25.5. The first-order valence-corrected chi connectivity index (χ1v) is 8.78. The van der Waals surface area contributed by atoms with E-state index in [9.17, 15) is 9.59 Å². The van der Waals surface area contributed by atoms with Gasteiger partial charge in [-0.05, 0) is 6.42 Å². The van der Waals surface area contributed by atoms with Crippen molar-refractivity contribution >= 4 is 29.1 Å². The van der Waals surface area contributed by atoms with E-state index in [0.717, 1.165) is 19.3 Å². The predicted octanol–water partition coefficient (Wildman–Crippen LogP) is 3.41. The number of carbonyl (C=O) groups excluding carboxylic acids is 2. The summed E-state index contributed by atoms with van der Waals surface area (Å²) in [6, 6.07) is 3.23. The Morgan fingerprint density at radius 1 is 1.16 bits per heavy atom. The standard InChI is InChI=1S/C18H27ClN2O4/c1-5-6-7-9-20-18(23)8-10-21(13(2)22)15-12-16(24-3)14(19)11-17(15)25-4/h11-12H,5-10H2,1-4H3,(H,20,23). The molecule has 6 nitrogen and oxygen atoms in total. The van der Waals surface area contributed by atoms with Crippen LogP contribution in [0.5, 0.6) is 11.5 Å². The third-order valence-electron chi connectivity index (χ3n) is 3.79. The van der Waals surface area contributed by atoms with E-state index >= 15 is 0 Å². The van der Waals surface area contributed by atoms with E-state index in [2.05, 4.69) is 12.2 Å². The third-order valence-corrected chi connectivity index (χ3v) is 4.08. The molecule has 1 aromatic carbocycles. The molecule has 1 rings (SSSR count). The highest BCUT2D eigenvalue weighted by Gasteiger charge is 2.20. The molecule has 0 bridgehead atoms. The number of methoxy groups -OCH3 is 2. The van der Waals surface area contributed by atoms with Gasteiger partial charge in [0.05, 0.1) is 24.9 Å². The fraction of sp³-hybridized carbons (Fsp3) is 0.556. The minimum Gasteiger partial charge on any atom is -0.495 e. The number of rotatable bonds is 10. The quantitative estimate of drug-likeness (QED) is 0.641. The van der Waals surface area contributed by atoms with Crippen molar-refractivity contribution in [3.05, 3.63) is 17.2 Å². The van der Waals surface area contributed by atoms with Gasteiger partial charge in [-0.25, -0.2) is 0 Å². The molecule has 0 aliphatic heterocycles. The van der Waals surface area contributed by atoms with E-state index in [-0.39, 0.29) is 24.8 Å². The largest absolute Gasteiger partial charge is 0.495 e. The number of hydrogen-bond acceptors (Lipinski definition) is 4. The van der Waals surface area contributed by atoms with Crippen LogP contribution in [-0.2, 0) is 9.59 Å². The highest BCUT2D eigenvalue weighted by Crippen LogP contribution is 2.38. The van der Waals surface area contributed by atoms with Crippen LogP contribution in [0.3, 0.4) is 0 Å². The first-order valence-electron chi connectivity index (χ1n) is 8.40. The monoisotopic (exact) mass is 370 g/mol. The zero-order chi connectivity index (χ0) is 18.8. The second-order valence-electron chi connectivity index (χ2n) is 5.64. The van der Waals surface area contributed by atoms with Gasteiger partial charge < -0.3 is 19.7 Å². The van der Waals surface area contributed by atoms with Crippen LogP contribution >= 0.6 is 11.6 Å². The summed E-state index contributed by atoms with van der Waals surface area (Å²) in [6.45, 7) is 4.46. The van der Waals surface area contributed by atoms with Crippen molar-refractivity contribution in [2.75, 3.05) is 32.2 Å². The molecule has 0 aromatic heterocycles. The molecule has 0 fully saturated rings. The normalized spacial score (nSPS) is 10.3. The summed E-state index contributed by atoms with van der Waals surface area (Å²) in [7, 11) is 3.00. The maximum atomic E-state index is 12.1. The summed E-state index contributed by atoms with van der Waals surface area (Å²) in [5.74, 6) is 0.612. The average Bonchev–Trinajstić information content (AvgIpc) is 2.59. The van der Waals surface area contributed by atoms with E-state index in [0.29, 0.717) is 28.8 Å². The predicted molar refractivity (Wildman–Crippen MR) is 99.7 cm³/mol. The molecule has 25 heavy (non-hydrogen) atoms. The number of nitrogens with zero attached hydrogens (tertiary/aromatic N) is 1. The van der Waals surface area contributed by atoms with Gasteiger partial charge in [-0.2, -0.15) is 0 Å². The Morgan fingerprint density at radius 3 is 2.40 bits per heavy atom. The van der Waals surface area contributed by atoms with Gasteiger partial charge in [-0.1, -0.05) is 31.4 Å². The van der Waals surface area contributed by atoms with Gasteiger partial charge >= 0.3 is 0 Å². The van der Waals surface area contributed by atoms with Crippen molar-refractivity contribution in [2.24, 2.45) is 0 Å². The lowest BCUT2D eigenvalue weighted by Crippen LogP contribution is -2.34. The minimum absolute atomic E-state index is 0.0813. The molecule has 1 aromatic rings. The Balaban J connectivity index is 2.83. The summed E-state index contributed by atoms with van der Waals surface area (Å²) < 4.78 is 10.5. The van der Waals surface area contributed by atoms with Gasteiger partial charge in [0, 0.05) is 38.6 Å². The molecule has 0 saturated carbocycles. The van der Waals surface area contributed by atoms with Gasteiger partial charge in [-0.15, -0.1) is 0 Å². The number of nitrogens with one attached hydrogen (secondary N) is 1. The molecular formula is C18H27ClN2O4. The Bertz CT molecular complexity index is 593. The summed E-state index contributed by atoms with van der Waals surface area (Å²) in [5, 5.41) is 3.26. The van der Waals surface area contributed by atoms with E-state index in [1.165, 1.54) is 26.0 Å². The Kier molecular flexibility index (Phi) is 9.13. The van der Waals surface area contributed by atoms with Crippen molar-refractivity contribution in [1.29, 1.82) is 0 Å². The van der Waals surface area contributed by atoms with Crippen LogP contribution in [0, 0.1) is 0 Å². The number of anilines is 1. The van der Waals surface area contributed by atoms with Gasteiger partial charge in [0.15, 0.2) is 0 Å². The van der Waals surface area contributed by atoms with Crippen molar-refractivity contribution in [3.8, 4) is 11.5 Å². The van der Waals surface area contributed by atoms with Gasteiger partial charge in [0.25, 0.3) is 0 Å². The average molecular weight is 371 g/mol. The van der Waals surface area contributed by atoms with Crippen LogP contribution in [0.25, 0.3) is 0 Å². The van der Waals surface area contributed by atoms with E-state index in [1.54, 1.807) is 12.1 Å². The number of hydrogen-bond donors (Lipinski definition) is 1. The molecule has 0 heterocycles. The number of benzene rings is 1. The van der Waals surface area contributed by atoms with Gasteiger partial charge in [-0.3, -0.25) is 9.59 Å². The van der Waals surface area contributed by atoms with Crippen LogP contribution in [-0.4, -0.2) is 39.1 Å². The number of ether oxygens (including phenoxy) is 2. The van der Waals surface area contributed by atoms with E-state index < -0.39 is 0 Å². The number of amides is 2. The molecule has 140 valence electrons. The lowest BCUT2D eigenvalue weighted by atomic mass is 10.2. The van der Waals surface area contributed by atoms with Crippen molar-refractivity contribution in [2.45, 2.75) is 39.5 Å². The molecule has 2 amide bonds. The highest BCUT2D eigenvalue weighted by atomic mass is 35.5. The third kappa shape index (κ3) is 6.46. The van der Waals surface area contributed by atoms with E-state index in [4.69, 9.17) is 21.1 Å².